The highest BCUT2D eigenvalue weighted by Crippen LogP contribution is 2.27. The van der Waals surface area contributed by atoms with Crippen molar-refractivity contribution in [3.05, 3.63) is 48.0 Å². The van der Waals surface area contributed by atoms with Crippen molar-refractivity contribution in [3.63, 3.8) is 0 Å². The summed E-state index contributed by atoms with van der Waals surface area (Å²) in [6.07, 6.45) is 5.35. The molecule has 0 aromatic heterocycles. The number of piperidine rings is 1. The van der Waals surface area contributed by atoms with Gasteiger partial charge in [0.2, 0.25) is 11.8 Å². The minimum absolute atomic E-state index is 0.0860. The summed E-state index contributed by atoms with van der Waals surface area (Å²) >= 11 is 0. The molecular weight excluding hydrogens is 376 g/mol. The summed E-state index contributed by atoms with van der Waals surface area (Å²) in [5.41, 5.74) is 4.89. The van der Waals surface area contributed by atoms with Crippen LogP contribution in [0, 0.1) is 6.92 Å². The van der Waals surface area contributed by atoms with E-state index in [4.69, 9.17) is 0 Å². The fourth-order valence-electron chi connectivity index (χ4n) is 4.27. The minimum atomic E-state index is -0.0860. The molecule has 0 atom stereocenters. The maximum absolute atomic E-state index is 12.3. The van der Waals surface area contributed by atoms with Gasteiger partial charge in [-0.2, -0.15) is 0 Å². The molecule has 0 saturated carbocycles. The average Bonchev–Trinajstić information content (AvgIpc) is 3.19. The van der Waals surface area contributed by atoms with Gasteiger partial charge in [0.1, 0.15) is 0 Å². The Hall–Kier alpha value is -3.02. The van der Waals surface area contributed by atoms with Gasteiger partial charge in [0, 0.05) is 48.8 Å². The van der Waals surface area contributed by atoms with E-state index >= 15 is 0 Å². The van der Waals surface area contributed by atoms with Crippen LogP contribution in [0.4, 0.5) is 22.7 Å². The molecule has 2 aliphatic heterocycles. The number of aryl methyl sites for hydroxylation is 1. The molecule has 2 aromatic carbocycles. The van der Waals surface area contributed by atoms with Gasteiger partial charge >= 0.3 is 0 Å². The van der Waals surface area contributed by atoms with Crippen LogP contribution < -0.4 is 20.4 Å². The van der Waals surface area contributed by atoms with Gasteiger partial charge in [0.25, 0.3) is 0 Å². The number of nitrogens with one attached hydrogen (secondary N) is 2. The Kier molecular flexibility index (Phi) is 6.21. The number of carbonyl (C=O) groups excluding carboxylic acids is 2. The molecule has 2 amide bonds. The Balaban J connectivity index is 1.29. The summed E-state index contributed by atoms with van der Waals surface area (Å²) in [5, 5.41) is 6.12. The van der Waals surface area contributed by atoms with E-state index in [2.05, 4.69) is 27.7 Å². The first-order chi connectivity index (χ1) is 14.6. The minimum Gasteiger partial charge on any atom is -0.376 e. The smallest absolute Gasteiger partial charge is 0.243 e. The number of rotatable bonds is 6. The molecule has 0 spiro atoms. The van der Waals surface area contributed by atoms with Crippen LogP contribution in [0.15, 0.2) is 42.5 Å². The Morgan fingerprint density at radius 3 is 2.33 bits per heavy atom. The molecule has 30 heavy (non-hydrogen) atoms. The van der Waals surface area contributed by atoms with Crippen LogP contribution in [-0.4, -0.2) is 38.0 Å². The molecule has 2 aromatic rings. The van der Waals surface area contributed by atoms with E-state index in [1.807, 2.05) is 42.2 Å². The fourth-order valence-corrected chi connectivity index (χ4v) is 4.27. The van der Waals surface area contributed by atoms with Crippen LogP contribution >= 0.6 is 0 Å². The van der Waals surface area contributed by atoms with Gasteiger partial charge in [-0.1, -0.05) is 0 Å². The van der Waals surface area contributed by atoms with E-state index in [-0.39, 0.29) is 18.4 Å². The molecule has 4 rings (SSSR count). The topological polar surface area (TPSA) is 64.7 Å². The SMILES string of the molecule is Cc1cc(NCC(=O)Nc2ccc(N3CCCCC3)cc2)ccc1N1CCCC1=O. The number of amides is 2. The number of carbonyl (C=O) groups is 2. The summed E-state index contributed by atoms with van der Waals surface area (Å²) in [7, 11) is 0. The van der Waals surface area contributed by atoms with Gasteiger partial charge in [-0.15, -0.1) is 0 Å². The Labute approximate surface area is 178 Å². The first-order valence-corrected chi connectivity index (χ1v) is 10.9. The lowest BCUT2D eigenvalue weighted by molar-refractivity contribution is -0.117. The lowest BCUT2D eigenvalue weighted by Crippen LogP contribution is -2.29. The van der Waals surface area contributed by atoms with Crippen LogP contribution in [0.3, 0.4) is 0 Å². The van der Waals surface area contributed by atoms with E-state index in [1.54, 1.807) is 0 Å². The van der Waals surface area contributed by atoms with E-state index in [9.17, 15) is 9.59 Å². The number of nitrogens with zero attached hydrogens (tertiary/aromatic N) is 2. The molecule has 0 bridgehead atoms. The number of anilines is 4. The highest BCUT2D eigenvalue weighted by atomic mass is 16.2. The van der Waals surface area contributed by atoms with Crippen LogP contribution in [0.1, 0.15) is 37.7 Å². The van der Waals surface area contributed by atoms with E-state index < -0.39 is 0 Å². The van der Waals surface area contributed by atoms with Gasteiger partial charge in [-0.05, 0) is 80.6 Å². The van der Waals surface area contributed by atoms with Crippen molar-refractivity contribution in [3.8, 4) is 0 Å². The van der Waals surface area contributed by atoms with Gasteiger partial charge < -0.3 is 20.4 Å². The van der Waals surface area contributed by atoms with Gasteiger partial charge in [-0.3, -0.25) is 9.59 Å². The predicted molar refractivity (Wildman–Crippen MR) is 122 cm³/mol. The molecular formula is C24H30N4O2. The highest BCUT2D eigenvalue weighted by molar-refractivity contribution is 5.96. The second-order valence-corrected chi connectivity index (χ2v) is 8.15. The van der Waals surface area contributed by atoms with Gasteiger partial charge in [0.05, 0.1) is 6.54 Å². The monoisotopic (exact) mass is 406 g/mol. The molecule has 2 heterocycles. The van der Waals surface area contributed by atoms with Crippen LogP contribution in [-0.2, 0) is 9.59 Å². The van der Waals surface area contributed by atoms with Crippen molar-refractivity contribution >= 4 is 34.6 Å². The van der Waals surface area contributed by atoms with E-state index in [0.717, 1.165) is 48.7 Å². The van der Waals surface area contributed by atoms with Crippen LogP contribution in [0.5, 0.6) is 0 Å². The number of hydrogen-bond acceptors (Lipinski definition) is 4. The normalized spacial score (nSPS) is 16.6. The zero-order valence-electron chi connectivity index (χ0n) is 17.6. The lowest BCUT2D eigenvalue weighted by atomic mass is 10.1. The molecule has 2 saturated heterocycles. The Bertz CT molecular complexity index is 904. The zero-order valence-corrected chi connectivity index (χ0v) is 17.6. The summed E-state index contributed by atoms with van der Waals surface area (Å²) in [5.74, 6) is 0.0988. The largest absolute Gasteiger partial charge is 0.376 e. The third kappa shape index (κ3) is 4.75. The molecule has 158 valence electrons. The lowest BCUT2D eigenvalue weighted by Gasteiger charge is -2.28. The number of hydrogen-bond donors (Lipinski definition) is 2. The molecule has 2 aliphatic rings. The molecule has 0 unspecified atom stereocenters. The van der Waals surface area contributed by atoms with Gasteiger partial charge in [-0.25, -0.2) is 0 Å². The fraction of sp³-hybridized carbons (Fsp3) is 0.417. The Morgan fingerprint density at radius 1 is 0.933 bits per heavy atom. The van der Waals surface area contributed by atoms with Crippen LogP contribution in [0.25, 0.3) is 0 Å². The standard InChI is InChI=1S/C24H30N4O2/c1-18-16-20(9-12-22(18)28-15-5-6-24(28)30)25-17-23(29)26-19-7-10-21(11-8-19)27-13-3-2-4-14-27/h7-12,16,25H,2-6,13-15,17H2,1H3,(H,26,29). The first kappa shape index (κ1) is 20.3. The number of benzene rings is 2. The van der Waals surface area contributed by atoms with Gasteiger partial charge in [0.15, 0.2) is 0 Å². The van der Waals surface area contributed by atoms with Crippen molar-refractivity contribution in [2.45, 2.75) is 39.0 Å². The average molecular weight is 407 g/mol. The quantitative estimate of drug-likeness (QED) is 0.756. The summed E-state index contributed by atoms with van der Waals surface area (Å²) in [6.45, 7) is 5.19. The maximum Gasteiger partial charge on any atom is 0.243 e. The second kappa shape index (κ2) is 9.20. The predicted octanol–water partition coefficient (Wildman–Crippen LogP) is 4.16. The highest BCUT2D eigenvalue weighted by Gasteiger charge is 2.22. The van der Waals surface area contributed by atoms with Crippen molar-refractivity contribution in [2.75, 3.05) is 46.6 Å². The van der Waals surface area contributed by atoms with E-state index in [1.165, 1.54) is 24.9 Å². The third-order valence-electron chi connectivity index (χ3n) is 5.89. The molecule has 2 fully saturated rings. The first-order valence-electron chi connectivity index (χ1n) is 10.9. The molecule has 6 heteroatoms. The molecule has 2 N–H and O–H groups in total. The zero-order chi connectivity index (χ0) is 20.9. The molecule has 0 aliphatic carbocycles. The van der Waals surface area contributed by atoms with E-state index in [0.29, 0.717) is 6.42 Å². The van der Waals surface area contributed by atoms with Crippen molar-refractivity contribution in [1.82, 2.24) is 0 Å². The van der Waals surface area contributed by atoms with Crippen molar-refractivity contribution < 1.29 is 9.59 Å². The Morgan fingerprint density at radius 2 is 1.67 bits per heavy atom. The summed E-state index contributed by atoms with van der Waals surface area (Å²) in [4.78, 5) is 28.6. The summed E-state index contributed by atoms with van der Waals surface area (Å²) in [6, 6.07) is 14.0. The van der Waals surface area contributed by atoms with Crippen molar-refractivity contribution in [1.29, 1.82) is 0 Å². The van der Waals surface area contributed by atoms with Crippen molar-refractivity contribution in [2.24, 2.45) is 0 Å². The molecule has 6 nitrogen and oxygen atoms in total. The molecule has 0 radical (unpaired) electrons. The third-order valence-corrected chi connectivity index (χ3v) is 5.89. The maximum atomic E-state index is 12.3. The second-order valence-electron chi connectivity index (χ2n) is 8.15. The summed E-state index contributed by atoms with van der Waals surface area (Å²) < 4.78 is 0. The van der Waals surface area contributed by atoms with Crippen LogP contribution in [0.2, 0.25) is 0 Å².